The van der Waals surface area contributed by atoms with Gasteiger partial charge >= 0.3 is 6.47 Å². The quantitative estimate of drug-likeness (QED) is 0.527. The van der Waals surface area contributed by atoms with E-state index in [2.05, 4.69) is 4.74 Å². The molecule has 3 heteroatoms. The summed E-state index contributed by atoms with van der Waals surface area (Å²) in [6.07, 6.45) is 0.217. The van der Waals surface area contributed by atoms with Crippen LogP contribution in [0.3, 0.4) is 0 Å². The molecule has 0 saturated heterocycles. The molecule has 0 aliphatic heterocycles. The van der Waals surface area contributed by atoms with Crippen LogP contribution >= 0.6 is 0 Å². The van der Waals surface area contributed by atoms with E-state index in [-0.39, 0.29) is 6.61 Å². The second-order valence-electron chi connectivity index (χ2n) is 1.85. The Morgan fingerprint density at radius 3 is 2.89 bits per heavy atom. The molecule has 1 unspecified atom stereocenters. The summed E-state index contributed by atoms with van der Waals surface area (Å²) in [4.78, 5) is 9.41. The van der Waals surface area contributed by atoms with Gasteiger partial charge in [-0.2, -0.15) is 0 Å². The van der Waals surface area contributed by atoms with Crippen molar-refractivity contribution in [2.24, 2.45) is 0 Å². The molecule has 2 nitrogen and oxygen atoms in total. The molecule has 0 aromatic rings. The van der Waals surface area contributed by atoms with Crippen LogP contribution in [-0.2, 0) is 9.53 Å². The highest BCUT2D eigenvalue weighted by Crippen LogP contribution is 1.99. The summed E-state index contributed by atoms with van der Waals surface area (Å²) in [6, 6.07) is 0. The van der Waals surface area contributed by atoms with Crippen molar-refractivity contribution in [3.8, 4) is 0 Å². The lowest BCUT2D eigenvalue weighted by Gasteiger charge is -1.98. The van der Waals surface area contributed by atoms with Gasteiger partial charge in [0.15, 0.2) is 0 Å². The number of alkyl halides is 1. The van der Waals surface area contributed by atoms with Gasteiger partial charge in [-0.25, -0.2) is 9.18 Å². The van der Waals surface area contributed by atoms with Gasteiger partial charge in [0.25, 0.3) is 0 Å². The van der Waals surface area contributed by atoms with Crippen molar-refractivity contribution in [1.82, 2.24) is 0 Å². The largest absolute Gasteiger partial charge is 0.457 e. The fourth-order valence-electron chi connectivity index (χ4n) is 0.478. The highest BCUT2D eigenvalue weighted by atomic mass is 19.1. The lowest BCUT2D eigenvalue weighted by molar-refractivity contribution is 0.247. The highest BCUT2D eigenvalue weighted by Gasteiger charge is 1.96. The van der Waals surface area contributed by atoms with Crippen molar-refractivity contribution < 1.29 is 13.9 Å². The average Bonchev–Trinajstić information content (AvgIpc) is 1.80. The Hall–Kier alpha value is -0.600. The van der Waals surface area contributed by atoms with Crippen molar-refractivity contribution in [3.05, 3.63) is 0 Å². The van der Waals surface area contributed by atoms with E-state index in [9.17, 15) is 9.18 Å². The third kappa shape index (κ3) is 7.40. The standard InChI is InChI=1S/C6H10FO2/c1-6(7)3-2-4-9-5-8/h6H,2-4H2,1H3. The maximum absolute atomic E-state index is 12.0. The molecule has 1 atom stereocenters. The van der Waals surface area contributed by atoms with E-state index in [0.717, 1.165) is 0 Å². The van der Waals surface area contributed by atoms with Gasteiger partial charge in [0, 0.05) is 0 Å². The Kier molecular flexibility index (Phi) is 5.17. The smallest absolute Gasteiger partial charge is 0.417 e. The number of carbonyl (C=O) groups excluding carboxylic acids is 1. The molecule has 9 heavy (non-hydrogen) atoms. The first-order valence-corrected chi connectivity index (χ1v) is 2.90. The average molecular weight is 133 g/mol. The molecule has 0 aliphatic carbocycles. The molecule has 0 aliphatic rings. The van der Waals surface area contributed by atoms with E-state index in [1.807, 2.05) is 0 Å². The number of halogens is 1. The van der Waals surface area contributed by atoms with Crippen LogP contribution in [0.25, 0.3) is 0 Å². The summed E-state index contributed by atoms with van der Waals surface area (Å²) in [5.74, 6) is 0. The third-order valence-corrected chi connectivity index (χ3v) is 0.907. The van der Waals surface area contributed by atoms with E-state index in [1.54, 1.807) is 0 Å². The van der Waals surface area contributed by atoms with Crippen LogP contribution in [-0.4, -0.2) is 19.3 Å². The molecule has 0 amide bonds. The number of rotatable bonds is 5. The predicted molar refractivity (Wildman–Crippen MR) is 31.4 cm³/mol. The van der Waals surface area contributed by atoms with E-state index in [4.69, 9.17) is 0 Å². The lowest BCUT2D eigenvalue weighted by Crippen LogP contribution is -1.97. The van der Waals surface area contributed by atoms with E-state index < -0.39 is 6.17 Å². The van der Waals surface area contributed by atoms with E-state index >= 15 is 0 Å². The molecule has 1 radical (unpaired) electrons. The number of hydrogen-bond acceptors (Lipinski definition) is 2. The summed E-state index contributed by atoms with van der Waals surface area (Å²) in [5.41, 5.74) is 0. The zero-order chi connectivity index (χ0) is 7.11. The molecular weight excluding hydrogens is 123 g/mol. The summed E-state index contributed by atoms with van der Waals surface area (Å²) in [6.45, 7) is 3.02. The Labute approximate surface area is 54.0 Å². The third-order valence-electron chi connectivity index (χ3n) is 0.907. The summed E-state index contributed by atoms with van der Waals surface area (Å²) >= 11 is 0. The minimum absolute atomic E-state index is 0.276. The van der Waals surface area contributed by atoms with Crippen LogP contribution in [0, 0.1) is 0 Å². The molecule has 0 aromatic heterocycles. The maximum atomic E-state index is 12.0. The molecule has 0 fully saturated rings. The Morgan fingerprint density at radius 2 is 2.44 bits per heavy atom. The zero-order valence-corrected chi connectivity index (χ0v) is 5.39. The molecule has 0 bridgehead atoms. The minimum Gasteiger partial charge on any atom is -0.457 e. The molecule has 0 aromatic carbocycles. The SMILES string of the molecule is CC(F)CCCO[C]=O. The van der Waals surface area contributed by atoms with Crippen LogP contribution in [0.5, 0.6) is 0 Å². The number of ether oxygens (including phenoxy) is 1. The van der Waals surface area contributed by atoms with Crippen molar-refractivity contribution >= 4 is 6.47 Å². The van der Waals surface area contributed by atoms with Crippen molar-refractivity contribution in [1.29, 1.82) is 0 Å². The molecular formula is C6H10FO2. The van der Waals surface area contributed by atoms with Crippen molar-refractivity contribution in [2.75, 3.05) is 6.61 Å². The normalized spacial score (nSPS) is 12.7. The van der Waals surface area contributed by atoms with Crippen LogP contribution in [0.2, 0.25) is 0 Å². The van der Waals surface area contributed by atoms with Gasteiger partial charge in [-0.1, -0.05) is 0 Å². The Bertz CT molecular complexity index is 73.5. The molecule has 0 heterocycles. The summed E-state index contributed by atoms with van der Waals surface area (Å²) in [7, 11) is 0. The maximum Gasteiger partial charge on any atom is 0.417 e. The van der Waals surface area contributed by atoms with Crippen LogP contribution < -0.4 is 0 Å². The van der Waals surface area contributed by atoms with Gasteiger partial charge < -0.3 is 4.74 Å². The Morgan fingerprint density at radius 1 is 1.78 bits per heavy atom. The van der Waals surface area contributed by atoms with Crippen LogP contribution in [0.1, 0.15) is 19.8 Å². The molecule has 0 N–H and O–H groups in total. The fraction of sp³-hybridized carbons (Fsp3) is 0.833. The van der Waals surface area contributed by atoms with Crippen molar-refractivity contribution in [2.45, 2.75) is 25.9 Å². The molecule has 53 valence electrons. The summed E-state index contributed by atoms with van der Waals surface area (Å²) in [5, 5.41) is 0. The van der Waals surface area contributed by atoms with Gasteiger partial charge in [-0.15, -0.1) is 0 Å². The first-order chi connectivity index (χ1) is 4.27. The van der Waals surface area contributed by atoms with Crippen LogP contribution in [0.15, 0.2) is 0 Å². The Balaban J connectivity index is 2.82. The second-order valence-corrected chi connectivity index (χ2v) is 1.85. The zero-order valence-electron chi connectivity index (χ0n) is 5.39. The molecule has 0 saturated carbocycles. The van der Waals surface area contributed by atoms with Gasteiger partial charge in [0.05, 0.1) is 12.8 Å². The van der Waals surface area contributed by atoms with E-state index in [1.165, 1.54) is 13.4 Å². The second kappa shape index (κ2) is 5.54. The van der Waals surface area contributed by atoms with Gasteiger partial charge in [-0.05, 0) is 19.8 Å². The first-order valence-electron chi connectivity index (χ1n) is 2.90. The first kappa shape index (κ1) is 8.40. The topological polar surface area (TPSA) is 26.3 Å². The van der Waals surface area contributed by atoms with Gasteiger partial charge in [-0.3, -0.25) is 0 Å². The lowest BCUT2D eigenvalue weighted by atomic mass is 10.2. The molecule has 0 spiro atoms. The van der Waals surface area contributed by atoms with Gasteiger partial charge in [0.2, 0.25) is 0 Å². The predicted octanol–water partition coefficient (Wildman–Crippen LogP) is 1.21. The minimum atomic E-state index is -0.805. The van der Waals surface area contributed by atoms with E-state index in [0.29, 0.717) is 12.8 Å². The highest BCUT2D eigenvalue weighted by molar-refractivity contribution is 5.37. The fourth-order valence-corrected chi connectivity index (χ4v) is 0.478. The monoisotopic (exact) mass is 133 g/mol. The van der Waals surface area contributed by atoms with Gasteiger partial charge in [0.1, 0.15) is 0 Å². The van der Waals surface area contributed by atoms with Crippen LogP contribution in [0.4, 0.5) is 4.39 Å². The van der Waals surface area contributed by atoms with Crippen molar-refractivity contribution in [3.63, 3.8) is 0 Å². The summed E-state index contributed by atoms with van der Waals surface area (Å²) < 4.78 is 16.2. The number of hydrogen-bond donors (Lipinski definition) is 0. The molecule has 0 rings (SSSR count).